The molecule has 2 heterocycles. The Morgan fingerprint density at radius 2 is 1.90 bits per heavy atom. The molecule has 6 heteroatoms. The van der Waals surface area contributed by atoms with Crippen LogP contribution in [-0.4, -0.2) is 46.5 Å². The van der Waals surface area contributed by atoms with Gasteiger partial charge in [0.1, 0.15) is 11.7 Å². The van der Waals surface area contributed by atoms with Gasteiger partial charge in [-0.25, -0.2) is 9.78 Å². The molecule has 40 heavy (non-hydrogen) atoms. The van der Waals surface area contributed by atoms with E-state index in [1.807, 2.05) is 6.08 Å². The number of nitrogens with zero attached hydrogens (tertiary/aromatic N) is 4. The molecule has 6 nitrogen and oxygen atoms in total. The minimum Gasteiger partial charge on any atom is -0.465 e. The van der Waals surface area contributed by atoms with E-state index >= 15 is 0 Å². The van der Waals surface area contributed by atoms with E-state index in [1.165, 1.54) is 23.9 Å². The lowest BCUT2D eigenvalue weighted by atomic mass is 9.91. The second-order valence-electron chi connectivity index (χ2n) is 10.8. The highest BCUT2D eigenvalue weighted by atomic mass is 16.5. The number of allylic oxidation sites excluding steroid dienone is 4. The number of imidazole rings is 1. The van der Waals surface area contributed by atoms with Gasteiger partial charge in [0.05, 0.1) is 29.8 Å². The molecule has 3 aromatic rings. The van der Waals surface area contributed by atoms with Gasteiger partial charge in [-0.1, -0.05) is 55.5 Å². The number of amidine groups is 1. The van der Waals surface area contributed by atoms with Crippen molar-refractivity contribution >= 4 is 28.4 Å². The lowest BCUT2D eigenvalue weighted by molar-refractivity contribution is -0.135. The fraction of sp³-hybridized carbons (Fsp3) is 0.324. The Bertz CT molecular complexity index is 1630. The highest BCUT2D eigenvalue weighted by Crippen LogP contribution is 2.32. The predicted octanol–water partition coefficient (Wildman–Crippen LogP) is 6.53. The monoisotopic (exact) mass is 532 g/mol. The molecule has 1 atom stereocenters. The van der Waals surface area contributed by atoms with Crippen molar-refractivity contribution in [1.29, 1.82) is 0 Å². The molecule has 1 unspecified atom stereocenters. The molecule has 3 aliphatic rings. The molecular weight excluding hydrogens is 496 g/mol. The maximum atomic E-state index is 12.3. The predicted molar refractivity (Wildman–Crippen MR) is 161 cm³/mol. The van der Waals surface area contributed by atoms with Gasteiger partial charge in [0.2, 0.25) is 0 Å². The molecule has 0 amide bonds. The smallest absolute Gasteiger partial charge is 0.338 e. The number of aromatic nitrogens is 2. The van der Waals surface area contributed by atoms with Crippen LogP contribution >= 0.6 is 0 Å². The van der Waals surface area contributed by atoms with Gasteiger partial charge in [0.15, 0.2) is 0 Å². The van der Waals surface area contributed by atoms with Crippen LogP contribution < -0.4 is 0 Å². The SMILES string of the molecule is CCCc1nc2c(C)cc(C3=NC4CC=CC=C4N3C)cc2n1Cc1ccc(C2=CCCC=C2C(=O)OC)cc1. The fourth-order valence-electron chi connectivity index (χ4n) is 6.07. The lowest BCUT2D eigenvalue weighted by Crippen LogP contribution is -2.24. The van der Waals surface area contributed by atoms with Crippen LogP contribution in [0.1, 0.15) is 60.7 Å². The molecule has 0 saturated heterocycles. The molecule has 0 spiro atoms. The van der Waals surface area contributed by atoms with Crippen LogP contribution in [0.2, 0.25) is 0 Å². The summed E-state index contributed by atoms with van der Waals surface area (Å²) in [6.07, 6.45) is 15.3. The Morgan fingerprint density at radius 1 is 1.10 bits per heavy atom. The van der Waals surface area contributed by atoms with Crippen LogP contribution in [0.3, 0.4) is 0 Å². The Morgan fingerprint density at radius 3 is 2.65 bits per heavy atom. The first-order chi connectivity index (χ1) is 19.5. The summed E-state index contributed by atoms with van der Waals surface area (Å²) in [5, 5.41) is 0. The maximum absolute atomic E-state index is 12.3. The number of fused-ring (bicyclic) bond motifs is 2. The number of hydrogen-bond acceptors (Lipinski definition) is 5. The summed E-state index contributed by atoms with van der Waals surface area (Å²) in [7, 11) is 3.56. The van der Waals surface area contributed by atoms with Crippen LogP contribution in [0, 0.1) is 6.92 Å². The van der Waals surface area contributed by atoms with Gasteiger partial charge in [-0.15, -0.1) is 0 Å². The molecule has 0 fully saturated rings. The zero-order valence-electron chi connectivity index (χ0n) is 23.8. The first-order valence-electron chi connectivity index (χ1n) is 14.2. The van der Waals surface area contributed by atoms with Crippen molar-refractivity contribution in [3.8, 4) is 0 Å². The minimum atomic E-state index is -0.278. The largest absolute Gasteiger partial charge is 0.465 e. The minimum absolute atomic E-state index is 0.203. The van der Waals surface area contributed by atoms with Gasteiger partial charge in [0, 0.05) is 31.3 Å². The molecule has 2 aliphatic carbocycles. The molecule has 6 rings (SSSR count). The number of hydrogen-bond donors (Lipinski definition) is 0. The number of aliphatic imine (C=N–C) groups is 1. The summed E-state index contributed by atoms with van der Waals surface area (Å²) in [6, 6.07) is 13.3. The molecule has 1 aliphatic heterocycles. The summed E-state index contributed by atoms with van der Waals surface area (Å²) in [5.41, 5.74) is 9.61. The van der Waals surface area contributed by atoms with Crippen molar-refractivity contribution < 1.29 is 9.53 Å². The van der Waals surface area contributed by atoms with Crippen LogP contribution in [-0.2, 0) is 22.5 Å². The van der Waals surface area contributed by atoms with Gasteiger partial charge in [-0.2, -0.15) is 0 Å². The second kappa shape index (κ2) is 10.8. The zero-order valence-corrected chi connectivity index (χ0v) is 23.8. The molecule has 0 bridgehead atoms. The number of aryl methyl sites for hydroxylation is 2. The van der Waals surface area contributed by atoms with Crippen LogP contribution in [0.5, 0.6) is 0 Å². The third-order valence-corrected chi connectivity index (χ3v) is 8.11. The van der Waals surface area contributed by atoms with Crippen molar-refractivity contribution in [2.24, 2.45) is 4.99 Å². The van der Waals surface area contributed by atoms with Crippen molar-refractivity contribution in [1.82, 2.24) is 14.5 Å². The van der Waals surface area contributed by atoms with E-state index in [0.29, 0.717) is 5.57 Å². The van der Waals surface area contributed by atoms with Gasteiger partial charge >= 0.3 is 5.97 Å². The number of carbonyl (C=O) groups excluding carboxylic acids is 1. The fourth-order valence-corrected chi connectivity index (χ4v) is 6.07. The van der Waals surface area contributed by atoms with Crippen molar-refractivity contribution in [3.05, 3.63) is 106 Å². The van der Waals surface area contributed by atoms with E-state index in [0.717, 1.165) is 78.0 Å². The third kappa shape index (κ3) is 4.61. The number of ether oxygens (including phenoxy) is 1. The topological polar surface area (TPSA) is 59.7 Å². The van der Waals surface area contributed by atoms with Crippen LogP contribution in [0.15, 0.2) is 83.0 Å². The molecular formula is C34H36N4O2. The number of likely N-dealkylation sites (N-methyl/N-ethyl adjacent to an activating group) is 1. The molecule has 0 radical (unpaired) electrons. The van der Waals surface area contributed by atoms with Crippen molar-refractivity contribution in [2.75, 3.05) is 14.2 Å². The van der Waals surface area contributed by atoms with Gasteiger partial charge in [-0.05, 0) is 73.1 Å². The number of benzene rings is 2. The van der Waals surface area contributed by atoms with E-state index in [1.54, 1.807) is 0 Å². The standard InChI is InChI=1S/C34H36N4O2/c1-5-10-31-36-32-22(2)19-25(33-35-28-13-8-9-14-29(28)37(33)3)20-30(32)38(31)21-23-15-17-24(18-16-23)26-11-6-7-12-27(26)34(39)40-4/h8-9,11-12,14-20,28H,5-7,10,13,21H2,1-4H3. The Labute approximate surface area is 236 Å². The van der Waals surface area contributed by atoms with E-state index in [-0.39, 0.29) is 12.0 Å². The quantitative estimate of drug-likeness (QED) is 0.325. The third-order valence-electron chi connectivity index (χ3n) is 8.11. The van der Waals surface area contributed by atoms with Gasteiger partial charge in [-0.3, -0.25) is 4.99 Å². The number of esters is 1. The van der Waals surface area contributed by atoms with Crippen molar-refractivity contribution in [2.45, 2.75) is 58.5 Å². The highest BCUT2D eigenvalue weighted by Gasteiger charge is 2.30. The summed E-state index contributed by atoms with van der Waals surface area (Å²) in [6.45, 7) is 5.09. The van der Waals surface area contributed by atoms with E-state index in [4.69, 9.17) is 14.7 Å². The van der Waals surface area contributed by atoms with E-state index < -0.39 is 0 Å². The number of rotatable bonds is 7. The summed E-state index contributed by atoms with van der Waals surface area (Å²) < 4.78 is 7.40. The van der Waals surface area contributed by atoms with Crippen molar-refractivity contribution in [3.63, 3.8) is 0 Å². The zero-order chi connectivity index (χ0) is 27.8. The molecule has 204 valence electrons. The first-order valence-corrected chi connectivity index (χ1v) is 14.2. The lowest BCUT2D eigenvalue weighted by Gasteiger charge is -2.20. The normalized spacial score (nSPS) is 18.3. The number of carbonyl (C=O) groups is 1. The highest BCUT2D eigenvalue weighted by molar-refractivity contribution is 6.06. The van der Waals surface area contributed by atoms with E-state index in [2.05, 4.69) is 91.1 Å². The molecule has 0 N–H and O–H groups in total. The van der Waals surface area contributed by atoms with Gasteiger partial charge in [0.25, 0.3) is 0 Å². The second-order valence-corrected chi connectivity index (χ2v) is 10.8. The average Bonchev–Trinajstić information content (AvgIpc) is 3.50. The van der Waals surface area contributed by atoms with Gasteiger partial charge < -0.3 is 14.2 Å². The molecule has 1 aromatic heterocycles. The summed E-state index contributed by atoms with van der Waals surface area (Å²) >= 11 is 0. The summed E-state index contributed by atoms with van der Waals surface area (Å²) in [5.74, 6) is 1.85. The van der Waals surface area contributed by atoms with Crippen LogP contribution in [0.4, 0.5) is 0 Å². The van der Waals surface area contributed by atoms with E-state index in [9.17, 15) is 4.79 Å². The van der Waals surface area contributed by atoms with Crippen LogP contribution in [0.25, 0.3) is 16.6 Å². The Kier molecular flexibility index (Phi) is 7.01. The molecule has 0 saturated carbocycles. The Balaban J connectivity index is 1.35. The summed E-state index contributed by atoms with van der Waals surface area (Å²) in [4.78, 5) is 24.8. The first kappa shape index (κ1) is 26.1. The maximum Gasteiger partial charge on any atom is 0.338 e. The average molecular weight is 533 g/mol. The molecule has 2 aromatic carbocycles. The number of methoxy groups -OCH3 is 1. The Hall–Kier alpha value is -4.19.